The lowest BCUT2D eigenvalue weighted by Crippen LogP contribution is -2.36. The number of nitrogens with one attached hydrogen (secondary N) is 1. The highest BCUT2D eigenvalue weighted by Gasteiger charge is 2.27. The highest BCUT2D eigenvalue weighted by Crippen LogP contribution is 2.33. The van der Waals surface area contributed by atoms with Crippen molar-refractivity contribution in [1.82, 2.24) is 15.2 Å². The maximum atomic E-state index is 5.74. The number of hydrazine groups is 1. The molecule has 1 aromatic rings. The summed E-state index contributed by atoms with van der Waals surface area (Å²) in [6.07, 6.45) is 2.80. The molecule has 0 spiro atoms. The molecule has 0 fully saturated rings. The highest BCUT2D eigenvalue weighted by molar-refractivity contribution is 5.28. The maximum Gasteiger partial charge on any atom is 0.161 e. The van der Waals surface area contributed by atoms with Crippen molar-refractivity contribution in [2.45, 2.75) is 46.7 Å². The maximum absolute atomic E-state index is 5.74. The van der Waals surface area contributed by atoms with Gasteiger partial charge in [-0.05, 0) is 18.3 Å². The highest BCUT2D eigenvalue weighted by atomic mass is 16.5. The SMILES string of the molecule is CCCn1ncc(OC)c1C(NN)C(C)C(C)C. The summed E-state index contributed by atoms with van der Waals surface area (Å²) in [6, 6.07) is 0.0500. The molecule has 5 heteroatoms. The summed E-state index contributed by atoms with van der Waals surface area (Å²) in [5.41, 5.74) is 3.96. The van der Waals surface area contributed by atoms with Crippen LogP contribution in [0.2, 0.25) is 0 Å². The molecule has 0 saturated heterocycles. The van der Waals surface area contributed by atoms with Crippen LogP contribution in [0.25, 0.3) is 0 Å². The van der Waals surface area contributed by atoms with E-state index in [1.807, 2.05) is 4.68 Å². The van der Waals surface area contributed by atoms with Crippen LogP contribution < -0.4 is 16.0 Å². The molecule has 104 valence electrons. The summed E-state index contributed by atoms with van der Waals surface area (Å²) < 4.78 is 7.39. The number of hydrogen-bond donors (Lipinski definition) is 2. The zero-order valence-electron chi connectivity index (χ0n) is 12.1. The number of rotatable bonds is 7. The normalized spacial score (nSPS) is 14.8. The molecule has 18 heavy (non-hydrogen) atoms. The van der Waals surface area contributed by atoms with Gasteiger partial charge in [-0.2, -0.15) is 5.10 Å². The summed E-state index contributed by atoms with van der Waals surface area (Å²) in [5, 5.41) is 4.38. The molecular formula is C13H26N4O. The molecule has 1 rings (SSSR count). The Morgan fingerprint density at radius 3 is 2.56 bits per heavy atom. The van der Waals surface area contributed by atoms with Crippen molar-refractivity contribution in [2.75, 3.05) is 7.11 Å². The largest absolute Gasteiger partial charge is 0.493 e. The minimum atomic E-state index is 0.0500. The summed E-state index contributed by atoms with van der Waals surface area (Å²) in [4.78, 5) is 0. The number of nitrogens with two attached hydrogens (primary N) is 1. The topological polar surface area (TPSA) is 65.1 Å². The summed E-state index contributed by atoms with van der Waals surface area (Å²) in [5.74, 6) is 7.48. The molecular weight excluding hydrogens is 228 g/mol. The van der Waals surface area contributed by atoms with Gasteiger partial charge in [0.15, 0.2) is 5.75 Å². The van der Waals surface area contributed by atoms with Gasteiger partial charge in [0.1, 0.15) is 0 Å². The van der Waals surface area contributed by atoms with E-state index >= 15 is 0 Å². The van der Waals surface area contributed by atoms with Gasteiger partial charge in [-0.25, -0.2) is 0 Å². The Morgan fingerprint density at radius 2 is 2.11 bits per heavy atom. The van der Waals surface area contributed by atoms with Crippen LogP contribution in [0.1, 0.15) is 45.9 Å². The number of hydrogen-bond acceptors (Lipinski definition) is 4. The van der Waals surface area contributed by atoms with Crippen LogP contribution in [0.4, 0.5) is 0 Å². The average molecular weight is 254 g/mol. The molecule has 0 saturated carbocycles. The summed E-state index contributed by atoms with van der Waals surface area (Å²) in [7, 11) is 1.67. The van der Waals surface area contributed by atoms with Crippen LogP contribution in [0.3, 0.4) is 0 Å². The predicted molar refractivity (Wildman–Crippen MR) is 73.1 cm³/mol. The number of aromatic nitrogens is 2. The second-order valence-corrected chi connectivity index (χ2v) is 5.07. The Bertz CT molecular complexity index is 362. The van der Waals surface area contributed by atoms with E-state index in [4.69, 9.17) is 10.6 Å². The van der Waals surface area contributed by atoms with Crippen LogP contribution in [0.5, 0.6) is 5.75 Å². The van der Waals surface area contributed by atoms with E-state index in [9.17, 15) is 0 Å². The predicted octanol–water partition coefficient (Wildman–Crippen LogP) is 2.10. The van der Waals surface area contributed by atoms with Crippen LogP contribution in [0, 0.1) is 11.8 Å². The van der Waals surface area contributed by atoms with Crippen molar-refractivity contribution in [2.24, 2.45) is 17.7 Å². The lowest BCUT2D eigenvalue weighted by Gasteiger charge is -2.27. The van der Waals surface area contributed by atoms with Crippen molar-refractivity contribution in [3.63, 3.8) is 0 Å². The quantitative estimate of drug-likeness (QED) is 0.577. The molecule has 0 aliphatic rings. The standard InChI is InChI=1S/C13H26N4O/c1-6-7-17-13(11(18-5)8-15-17)12(16-14)10(4)9(2)3/h8-10,12,16H,6-7,14H2,1-5H3. The smallest absolute Gasteiger partial charge is 0.161 e. The molecule has 1 aromatic heterocycles. The van der Waals surface area contributed by atoms with Crippen molar-refractivity contribution in [3.8, 4) is 5.75 Å². The third-order valence-corrected chi connectivity index (χ3v) is 3.55. The molecule has 3 N–H and O–H groups in total. The molecule has 0 aliphatic heterocycles. The summed E-state index contributed by atoms with van der Waals surface area (Å²) in [6.45, 7) is 9.60. The third-order valence-electron chi connectivity index (χ3n) is 3.55. The van der Waals surface area contributed by atoms with Gasteiger partial charge in [-0.3, -0.25) is 16.0 Å². The minimum Gasteiger partial charge on any atom is -0.493 e. The van der Waals surface area contributed by atoms with E-state index in [1.54, 1.807) is 13.3 Å². The van der Waals surface area contributed by atoms with Gasteiger partial charge in [0.2, 0.25) is 0 Å². The Kier molecular flexibility index (Phi) is 5.62. The van der Waals surface area contributed by atoms with E-state index in [0.29, 0.717) is 11.8 Å². The molecule has 0 aromatic carbocycles. The number of ether oxygens (including phenoxy) is 1. The molecule has 0 amide bonds. The van der Waals surface area contributed by atoms with Crippen LogP contribution in [-0.2, 0) is 6.54 Å². The van der Waals surface area contributed by atoms with E-state index in [0.717, 1.165) is 24.4 Å². The molecule has 0 aliphatic carbocycles. The molecule has 2 atom stereocenters. The fourth-order valence-electron chi connectivity index (χ4n) is 2.10. The molecule has 0 bridgehead atoms. The molecule has 5 nitrogen and oxygen atoms in total. The van der Waals surface area contributed by atoms with Gasteiger partial charge >= 0.3 is 0 Å². The van der Waals surface area contributed by atoms with Crippen molar-refractivity contribution in [1.29, 1.82) is 0 Å². The van der Waals surface area contributed by atoms with Crippen molar-refractivity contribution in [3.05, 3.63) is 11.9 Å². The third kappa shape index (κ3) is 3.03. The minimum absolute atomic E-state index is 0.0500. The van der Waals surface area contributed by atoms with Gasteiger partial charge in [-0.1, -0.05) is 27.7 Å². The van der Waals surface area contributed by atoms with E-state index in [-0.39, 0.29) is 6.04 Å². The van der Waals surface area contributed by atoms with Crippen LogP contribution >= 0.6 is 0 Å². The summed E-state index contributed by atoms with van der Waals surface area (Å²) >= 11 is 0. The number of methoxy groups -OCH3 is 1. The van der Waals surface area contributed by atoms with Gasteiger partial charge in [0.25, 0.3) is 0 Å². The van der Waals surface area contributed by atoms with Gasteiger partial charge in [-0.15, -0.1) is 0 Å². The number of nitrogens with zero attached hydrogens (tertiary/aromatic N) is 2. The fourth-order valence-corrected chi connectivity index (χ4v) is 2.10. The molecule has 2 unspecified atom stereocenters. The first-order valence-electron chi connectivity index (χ1n) is 6.62. The monoisotopic (exact) mass is 254 g/mol. The zero-order valence-corrected chi connectivity index (χ0v) is 12.1. The zero-order chi connectivity index (χ0) is 13.7. The second kappa shape index (κ2) is 6.75. The van der Waals surface area contributed by atoms with E-state index in [2.05, 4.69) is 38.2 Å². The first-order valence-corrected chi connectivity index (χ1v) is 6.62. The van der Waals surface area contributed by atoms with Gasteiger partial charge in [0, 0.05) is 6.54 Å². The van der Waals surface area contributed by atoms with E-state index < -0.39 is 0 Å². The Balaban J connectivity index is 3.13. The first kappa shape index (κ1) is 15.0. The van der Waals surface area contributed by atoms with Crippen LogP contribution in [0.15, 0.2) is 6.20 Å². The Labute approximate surface area is 110 Å². The second-order valence-electron chi connectivity index (χ2n) is 5.07. The lowest BCUT2D eigenvalue weighted by atomic mass is 9.88. The number of aryl methyl sites for hydroxylation is 1. The van der Waals surface area contributed by atoms with Crippen LogP contribution in [-0.4, -0.2) is 16.9 Å². The Hall–Kier alpha value is -1.07. The van der Waals surface area contributed by atoms with Crippen molar-refractivity contribution >= 4 is 0 Å². The Morgan fingerprint density at radius 1 is 1.44 bits per heavy atom. The molecule has 1 heterocycles. The molecule has 0 radical (unpaired) electrons. The van der Waals surface area contributed by atoms with Gasteiger partial charge in [0.05, 0.1) is 25.0 Å². The van der Waals surface area contributed by atoms with Crippen molar-refractivity contribution < 1.29 is 4.74 Å². The van der Waals surface area contributed by atoms with E-state index in [1.165, 1.54) is 0 Å². The van der Waals surface area contributed by atoms with Gasteiger partial charge < -0.3 is 4.74 Å². The lowest BCUT2D eigenvalue weighted by molar-refractivity contribution is 0.282. The first-order chi connectivity index (χ1) is 8.56. The fraction of sp³-hybridized carbons (Fsp3) is 0.769. The average Bonchev–Trinajstić information content (AvgIpc) is 2.74.